The summed E-state index contributed by atoms with van der Waals surface area (Å²) in [6.07, 6.45) is 4.53. The molecule has 0 aromatic carbocycles. The van der Waals surface area contributed by atoms with Crippen LogP contribution in [0.5, 0.6) is 0 Å². The maximum Gasteiger partial charge on any atom is 0.193 e. The monoisotopic (exact) mass is 267 g/mol. The summed E-state index contributed by atoms with van der Waals surface area (Å²) in [5.41, 5.74) is 1.18. The van der Waals surface area contributed by atoms with Gasteiger partial charge in [-0.05, 0) is 11.8 Å². The number of nitrogens with zero attached hydrogens (tertiary/aromatic N) is 2. The molecule has 2 rings (SSSR count). The molecule has 0 saturated carbocycles. The molecule has 2 aromatic heterocycles. The summed E-state index contributed by atoms with van der Waals surface area (Å²) in [5, 5.41) is 15.2. The highest BCUT2D eigenvalue weighted by molar-refractivity contribution is 7.15. The van der Waals surface area contributed by atoms with Gasteiger partial charge in [-0.3, -0.25) is 4.40 Å². The molecule has 0 aliphatic rings. The molecule has 0 saturated heterocycles. The van der Waals surface area contributed by atoms with E-state index in [2.05, 4.69) is 31.1 Å². The molecule has 2 aromatic rings. The minimum absolute atomic E-state index is 0.165. The number of hydrogen-bond acceptors (Lipinski definition) is 4. The molecule has 18 heavy (non-hydrogen) atoms. The van der Waals surface area contributed by atoms with E-state index in [1.54, 1.807) is 11.3 Å². The fraction of sp³-hybridized carbons (Fsp3) is 0.615. The third-order valence-electron chi connectivity index (χ3n) is 2.68. The molecule has 0 bridgehead atoms. The lowest BCUT2D eigenvalue weighted by Gasteiger charge is -2.22. The SMILES string of the molecule is CC(C)(C)CC(O)CNCc1cn2ccsc2n1. The molecule has 0 spiro atoms. The van der Waals surface area contributed by atoms with Crippen molar-refractivity contribution in [2.45, 2.75) is 39.8 Å². The van der Waals surface area contributed by atoms with Crippen LogP contribution >= 0.6 is 11.3 Å². The highest BCUT2D eigenvalue weighted by atomic mass is 32.1. The van der Waals surface area contributed by atoms with E-state index in [9.17, 15) is 5.11 Å². The molecule has 1 unspecified atom stereocenters. The van der Waals surface area contributed by atoms with Gasteiger partial charge >= 0.3 is 0 Å². The molecule has 0 amide bonds. The van der Waals surface area contributed by atoms with Crippen molar-refractivity contribution in [1.82, 2.24) is 14.7 Å². The Balaban J connectivity index is 1.77. The molecule has 0 radical (unpaired) electrons. The average molecular weight is 267 g/mol. The third kappa shape index (κ3) is 3.80. The molecule has 1 atom stereocenters. The Morgan fingerprint density at radius 1 is 1.50 bits per heavy atom. The summed E-state index contributed by atoms with van der Waals surface area (Å²) in [5.74, 6) is 0. The third-order valence-corrected chi connectivity index (χ3v) is 3.45. The van der Waals surface area contributed by atoms with Crippen LogP contribution < -0.4 is 5.32 Å². The van der Waals surface area contributed by atoms with Crippen LogP contribution in [-0.4, -0.2) is 27.1 Å². The topological polar surface area (TPSA) is 49.6 Å². The first-order valence-corrected chi connectivity index (χ1v) is 7.12. The van der Waals surface area contributed by atoms with Gasteiger partial charge in [-0.1, -0.05) is 20.8 Å². The largest absolute Gasteiger partial charge is 0.392 e. The second kappa shape index (κ2) is 5.38. The zero-order valence-corrected chi connectivity index (χ0v) is 12.0. The number of thiazole rings is 1. The van der Waals surface area contributed by atoms with E-state index >= 15 is 0 Å². The maximum atomic E-state index is 9.88. The van der Waals surface area contributed by atoms with Crippen LogP contribution in [0.25, 0.3) is 4.96 Å². The summed E-state index contributed by atoms with van der Waals surface area (Å²) in [6.45, 7) is 7.73. The Hall–Kier alpha value is -0.910. The summed E-state index contributed by atoms with van der Waals surface area (Å²) in [7, 11) is 0. The fourth-order valence-electron chi connectivity index (χ4n) is 2.01. The van der Waals surface area contributed by atoms with Crippen LogP contribution in [0, 0.1) is 5.41 Å². The molecule has 0 fully saturated rings. The maximum absolute atomic E-state index is 9.88. The van der Waals surface area contributed by atoms with Crippen molar-refractivity contribution in [3.63, 3.8) is 0 Å². The van der Waals surface area contributed by atoms with E-state index in [0.717, 1.165) is 17.1 Å². The molecule has 0 aliphatic carbocycles. The Kier molecular flexibility index (Phi) is 4.04. The molecular weight excluding hydrogens is 246 g/mol. The molecule has 5 heteroatoms. The van der Waals surface area contributed by atoms with Crippen molar-refractivity contribution >= 4 is 16.3 Å². The molecule has 0 aliphatic heterocycles. The predicted octanol–water partition coefficient (Wildman–Crippen LogP) is 2.28. The van der Waals surface area contributed by atoms with E-state index in [1.807, 2.05) is 22.2 Å². The summed E-state index contributed by atoms with van der Waals surface area (Å²) in [6, 6.07) is 0. The van der Waals surface area contributed by atoms with Crippen LogP contribution in [0.15, 0.2) is 17.8 Å². The van der Waals surface area contributed by atoms with Gasteiger partial charge < -0.3 is 10.4 Å². The van der Waals surface area contributed by atoms with Crippen molar-refractivity contribution < 1.29 is 5.11 Å². The first kappa shape index (κ1) is 13.5. The highest BCUT2D eigenvalue weighted by Gasteiger charge is 2.16. The zero-order valence-electron chi connectivity index (χ0n) is 11.2. The van der Waals surface area contributed by atoms with Crippen molar-refractivity contribution in [1.29, 1.82) is 0 Å². The number of aliphatic hydroxyl groups excluding tert-OH is 1. The fourth-order valence-corrected chi connectivity index (χ4v) is 2.73. The van der Waals surface area contributed by atoms with Crippen molar-refractivity contribution in [2.24, 2.45) is 5.41 Å². The number of imidazole rings is 1. The second-order valence-corrected chi connectivity index (χ2v) is 6.75. The van der Waals surface area contributed by atoms with Gasteiger partial charge in [0.25, 0.3) is 0 Å². The first-order chi connectivity index (χ1) is 8.44. The number of nitrogens with one attached hydrogen (secondary N) is 1. The summed E-state index contributed by atoms with van der Waals surface area (Å²) < 4.78 is 2.02. The normalized spacial score (nSPS) is 14.2. The lowest BCUT2D eigenvalue weighted by atomic mass is 9.89. The van der Waals surface area contributed by atoms with Gasteiger partial charge in [0.05, 0.1) is 11.8 Å². The van der Waals surface area contributed by atoms with E-state index in [-0.39, 0.29) is 11.5 Å². The van der Waals surface area contributed by atoms with Gasteiger partial charge in [-0.25, -0.2) is 4.98 Å². The Bertz CT molecular complexity index is 469. The lowest BCUT2D eigenvalue weighted by molar-refractivity contribution is 0.119. The minimum Gasteiger partial charge on any atom is -0.392 e. The van der Waals surface area contributed by atoms with Gasteiger partial charge in [0.15, 0.2) is 4.96 Å². The molecule has 2 heterocycles. The van der Waals surface area contributed by atoms with E-state index in [1.165, 1.54) is 0 Å². The van der Waals surface area contributed by atoms with Crippen LogP contribution in [0.2, 0.25) is 0 Å². The van der Waals surface area contributed by atoms with Crippen molar-refractivity contribution in [3.05, 3.63) is 23.5 Å². The van der Waals surface area contributed by atoms with Crippen LogP contribution in [0.3, 0.4) is 0 Å². The molecule has 4 nitrogen and oxygen atoms in total. The van der Waals surface area contributed by atoms with Crippen LogP contribution in [0.1, 0.15) is 32.9 Å². The average Bonchev–Trinajstić information content (AvgIpc) is 2.74. The van der Waals surface area contributed by atoms with Gasteiger partial charge in [-0.2, -0.15) is 0 Å². The predicted molar refractivity (Wildman–Crippen MR) is 74.9 cm³/mol. The quantitative estimate of drug-likeness (QED) is 0.874. The van der Waals surface area contributed by atoms with Crippen LogP contribution in [0.4, 0.5) is 0 Å². The van der Waals surface area contributed by atoms with Gasteiger partial charge in [-0.15, -0.1) is 11.3 Å². The Morgan fingerprint density at radius 2 is 2.28 bits per heavy atom. The number of aromatic nitrogens is 2. The summed E-state index contributed by atoms with van der Waals surface area (Å²) in [4.78, 5) is 5.50. The number of fused-ring (bicyclic) bond motifs is 1. The standard InChI is InChI=1S/C13H21N3OS/c1-13(2,3)6-11(17)8-14-7-10-9-16-4-5-18-12(16)15-10/h4-5,9,11,14,17H,6-8H2,1-3H3. The molecule has 2 N–H and O–H groups in total. The Morgan fingerprint density at radius 3 is 2.94 bits per heavy atom. The van der Waals surface area contributed by atoms with E-state index in [4.69, 9.17) is 0 Å². The Labute approximate surface area is 112 Å². The van der Waals surface area contributed by atoms with Gasteiger partial charge in [0, 0.05) is 30.9 Å². The highest BCUT2D eigenvalue weighted by Crippen LogP contribution is 2.20. The smallest absolute Gasteiger partial charge is 0.193 e. The minimum atomic E-state index is -0.297. The molecular formula is C13H21N3OS. The van der Waals surface area contributed by atoms with Gasteiger partial charge in [0.2, 0.25) is 0 Å². The second-order valence-electron chi connectivity index (χ2n) is 5.87. The lowest BCUT2D eigenvalue weighted by Crippen LogP contribution is -2.29. The van der Waals surface area contributed by atoms with Crippen LogP contribution in [-0.2, 0) is 6.54 Å². The number of rotatable bonds is 5. The van der Waals surface area contributed by atoms with Gasteiger partial charge in [0.1, 0.15) is 0 Å². The number of hydrogen-bond donors (Lipinski definition) is 2. The van der Waals surface area contributed by atoms with Crippen molar-refractivity contribution in [2.75, 3.05) is 6.54 Å². The van der Waals surface area contributed by atoms with E-state index < -0.39 is 0 Å². The summed E-state index contributed by atoms with van der Waals surface area (Å²) >= 11 is 1.63. The first-order valence-electron chi connectivity index (χ1n) is 6.24. The number of aliphatic hydroxyl groups is 1. The molecule has 100 valence electrons. The zero-order chi connectivity index (χ0) is 13.2. The van der Waals surface area contributed by atoms with Crippen molar-refractivity contribution in [3.8, 4) is 0 Å². The van der Waals surface area contributed by atoms with E-state index in [0.29, 0.717) is 13.1 Å².